The van der Waals surface area contributed by atoms with Crippen LogP contribution < -0.4 is 5.69 Å². The molecule has 0 bridgehead atoms. The van der Waals surface area contributed by atoms with Gasteiger partial charge in [0.25, 0.3) is 5.69 Å². The van der Waals surface area contributed by atoms with E-state index in [0.717, 1.165) is 10.6 Å². The van der Waals surface area contributed by atoms with E-state index >= 15 is 0 Å². The van der Waals surface area contributed by atoms with Crippen molar-refractivity contribution in [3.05, 3.63) is 81.3 Å². The fourth-order valence-electron chi connectivity index (χ4n) is 3.02. The molecular formula is C19H14F3N3O5. The van der Waals surface area contributed by atoms with Crippen molar-refractivity contribution in [1.29, 1.82) is 0 Å². The van der Waals surface area contributed by atoms with Gasteiger partial charge in [-0.05, 0) is 36.4 Å². The van der Waals surface area contributed by atoms with Crippen LogP contribution in [-0.4, -0.2) is 24.3 Å². The zero-order valence-corrected chi connectivity index (χ0v) is 15.1. The molecule has 0 fully saturated rings. The summed E-state index contributed by atoms with van der Waals surface area (Å²) in [5.41, 5.74) is -3.73. The maximum atomic E-state index is 13.3. The van der Waals surface area contributed by atoms with E-state index in [1.165, 1.54) is 30.3 Å². The highest BCUT2D eigenvalue weighted by Gasteiger charge is 2.39. The molecule has 0 spiro atoms. The summed E-state index contributed by atoms with van der Waals surface area (Å²) < 4.78 is 41.6. The number of allylic oxidation sites excluding steroid dienone is 1. The third-order valence-electron chi connectivity index (χ3n) is 4.31. The van der Waals surface area contributed by atoms with E-state index < -0.39 is 39.6 Å². The average Bonchev–Trinajstić information content (AvgIpc) is 2.91. The number of aromatic hydroxyl groups is 2. The highest BCUT2D eigenvalue weighted by Crippen LogP contribution is 2.38. The predicted octanol–water partition coefficient (Wildman–Crippen LogP) is 3.83. The topological polar surface area (TPSA) is 111 Å². The lowest BCUT2D eigenvalue weighted by atomic mass is 10.1. The number of phenolic OH excluding ortho intramolecular Hbond substituents is 1. The lowest BCUT2D eigenvalue weighted by molar-refractivity contribution is -0.388. The number of nitrogens with zero attached hydrogens (tertiary/aromatic N) is 3. The van der Waals surface area contributed by atoms with Crippen LogP contribution in [0.15, 0.2) is 59.9 Å². The first-order chi connectivity index (χ1) is 14.1. The van der Waals surface area contributed by atoms with Gasteiger partial charge in [-0.15, -0.1) is 6.58 Å². The van der Waals surface area contributed by atoms with Gasteiger partial charge in [0.1, 0.15) is 17.0 Å². The monoisotopic (exact) mass is 421 g/mol. The Morgan fingerprint density at radius 1 is 1.13 bits per heavy atom. The number of benzene rings is 2. The van der Waals surface area contributed by atoms with Crippen LogP contribution in [0.4, 0.5) is 18.9 Å². The molecule has 0 unspecified atom stereocenters. The third kappa shape index (κ3) is 3.52. The van der Waals surface area contributed by atoms with Crippen molar-refractivity contribution in [3.8, 4) is 28.6 Å². The van der Waals surface area contributed by atoms with Gasteiger partial charge in [-0.3, -0.25) is 14.7 Å². The van der Waals surface area contributed by atoms with Crippen molar-refractivity contribution in [2.75, 3.05) is 0 Å². The average molecular weight is 421 g/mol. The Morgan fingerprint density at radius 2 is 1.77 bits per heavy atom. The van der Waals surface area contributed by atoms with E-state index in [9.17, 15) is 38.3 Å². The van der Waals surface area contributed by atoms with Crippen LogP contribution in [0.3, 0.4) is 0 Å². The summed E-state index contributed by atoms with van der Waals surface area (Å²) in [4.78, 5) is 22.7. The highest BCUT2D eigenvalue weighted by molar-refractivity contribution is 5.67. The molecule has 156 valence electrons. The minimum atomic E-state index is -5.05. The third-order valence-corrected chi connectivity index (χ3v) is 4.31. The summed E-state index contributed by atoms with van der Waals surface area (Å²) in [6, 6.07) is 7.42. The first-order valence-corrected chi connectivity index (χ1v) is 8.37. The van der Waals surface area contributed by atoms with Crippen LogP contribution >= 0.6 is 0 Å². The molecule has 1 aromatic heterocycles. The number of aromatic nitrogens is 2. The van der Waals surface area contributed by atoms with Crippen molar-refractivity contribution in [1.82, 2.24) is 9.13 Å². The van der Waals surface area contributed by atoms with E-state index in [2.05, 4.69) is 6.58 Å². The van der Waals surface area contributed by atoms with Crippen LogP contribution in [0.1, 0.15) is 5.56 Å². The molecular weight excluding hydrogens is 407 g/mol. The molecule has 0 aliphatic rings. The summed E-state index contributed by atoms with van der Waals surface area (Å²) in [6.45, 7) is 3.45. The molecule has 0 aliphatic heterocycles. The van der Waals surface area contributed by atoms with Crippen molar-refractivity contribution in [2.24, 2.45) is 0 Å². The summed E-state index contributed by atoms with van der Waals surface area (Å²) in [6.07, 6.45) is -3.70. The number of nitro benzene ring substituents is 1. The quantitative estimate of drug-likeness (QED) is 0.370. The summed E-state index contributed by atoms with van der Waals surface area (Å²) >= 11 is 0. The Kier molecular flexibility index (Phi) is 5.13. The number of hydrogen-bond donors (Lipinski definition) is 2. The minimum Gasteiger partial charge on any atom is -0.508 e. The Labute approximate surface area is 166 Å². The Balaban J connectivity index is 2.31. The molecule has 3 aromatic rings. The van der Waals surface area contributed by atoms with Gasteiger partial charge in [-0.2, -0.15) is 13.2 Å². The molecule has 30 heavy (non-hydrogen) atoms. The van der Waals surface area contributed by atoms with E-state index in [4.69, 9.17) is 0 Å². The summed E-state index contributed by atoms with van der Waals surface area (Å²) in [5, 5.41) is 31.1. The van der Waals surface area contributed by atoms with Gasteiger partial charge in [0.05, 0.1) is 10.6 Å². The Morgan fingerprint density at radius 3 is 2.30 bits per heavy atom. The second-order valence-corrected chi connectivity index (χ2v) is 6.19. The number of phenols is 1. The Hall–Kier alpha value is -4.02. The first-order valence-electron chi connectivity index (χ1n) is 8.37. The van der Waals surface area contributed by atoms with Gasteiger partial charge in [0, 0.05) is 18.2 Å². The zero-order valence-electron chi connectivity index (χ0n) is 15.1. The standard InChI is InChI=1S/C19H14F3N3O5/c1-2-9-23-16(11-3-6-13(26)7-4-11)17(27)24(18(23)28)12-5-8-15(25(29)30)14(10-12)19(20,21)22/h2-8,10,26-27H,1,9H2. The number of nitro groups is 1. The second-order valence-electron chi connectivity index (χ2n) is 6.19. The number of alkyl halides is 3. The van der Waals surface area contributed by atoms with Crippen LogP contribution in [-0.2, 0) is 12.7 Å². The number of halogens is 3. The molecule has 2 N–H and O–H groups in total. The fraction of sp³-hybridized carbons (Fsp3) is 0.105. The molecule has 11 heteroatoms. The van der Waals surface area contributed by atoms with Gasteiger partial charge in [0.15, 0.2) is 0 Å². The van der Waals surface area contributed by atoms with Crippen LogP contribution in [0.5, 0.6) is 11.6 Å². The molecule has 0 saturated carbocycles. The van der Waals surface area contributed by atoms with E-state index in [0.29, 0.717) is 22.3 Å². The van der Waals surface area contributed by atoms with E-state index in [1.54, 1.807) is 0 Å². The Bertz CT molecular complexity index is 1190. The summed E-state index contributed by atoms with van der Waals surface area (Å²) in [7, 11) is 0. The molecule has 8 nitrogen and oxygen atoms in total. The first kappa shape index (κ1) is 20.7. The smallest absolute Gasteiger partial charge is 0.423 e. The van der Waals surface area contributed by atoms with E-state index in [1.807, 2.05) is 0 Å². The van der Waals surface area contributed by atoms with Crippen molar-refractivity contribution >= 4 is 5.69 Å². The molecule has 0 saturated heterocycles. The maximum absolute atomic E-state index is 13.3. The molecule has 0 amide bonds. The maximum Gasteiger partial charge on any atom is 0.423 e. The molecule has 0 atom stereocenters. The van der Waals surface area contributed by atoms with Gasteiger partial charge < -0.3 is 10.2 Å². The van der Waals surface area contributed by atoms with Crippen LogP contribution in [0, 0.1) is 10.1 Å². The highest BCUT2D eigenvalue weighted by atomic mass is 19.4. The largest absolute Gasteiger partial charge is 0.508 e. The van der Waals surface area contributed by atoms with Gasteiger partial charge in [0.2, 0.25) is 5.88 Å². The van der Waals surface area contributed by atoms with Crippen molar-refractivity contribution in [3.63, 3.8) is 0 Å². The lowest BCUT2D eigenvalue weighted by Gasteiger charge is -2.10. The minimum absolute atomic E-state index is 0.0215. The fourth-order valence-corrected chi connectivity index (χ4v) is 3.02. The number of hydrogen-bond acceptors (Lipinski definition) is 5. The van der Waals surface area contributed by atoms with Gasteiger partial charge >= 0.3 is 11.9 Å². The predicted molar refractivity (Wildman–Crippen MR) is 101 cm³/mol. The molecule has 3 rings (SSSR count). The lowest BCUT2D eigenvalue weighted by Crippen LogP contribution is -2.23. The van der Waals surface area contributed by atoms with E-state index in [-0.39, 0.29) is 18.0 Å². The summed E-state index contributed by atoms with van der Waals surface area (Å²) in [5.74, 6) is -0.741. The van der Waals surface area contributed by atoms with Crippen molar-refractivity contribution in [2.45, 2.75) is 12.7 Å². The molecule has 1 heterocycles. The normalized spacial score (nSPS) is 11.4. The van der Waals surface area contributed by atoms with Gasteiger partial charge in [-0.25, -0.2) is 9.36 Å². The van der Waals surface area contributed by atoms with Crippen molar-refractivity contribution < 1.29 is 28.3 Å². The second kappa shape index (κ2) is 7.43. The zero-order chi connectivity index (χ0) is 22.2. The van der Waals surface area contributed by atoms with Gasteiger partial charge in [-0.1, -0.05) is 6.08 Å². The molecule has 0 radical (unpaired) electrons. The number of imidazole rings is 1. The SMILES string of the molecule is C=CCn1c(-c2ccc(O)cc2)c(O)n(-c2ccc([N+](=O)[O-])c(C(F)(F)F)c2)c1=O. The number of rotatable bonds is 5. The van der Waals surface area contributed by atoms with Crippen LogP contribution in [0.2, 0.25) is 0 Å². The molecule has 2 aromatic carbocycles. The molecule has 0 aliphatic carbocycles. The van der Waals surface area contributed by atoms with Crippen LogP contribution in [0.25, 0.3) is 16.9 Å².